The van der Waals surface area contributed by atoms with Crippen LogP contribution in [-0.4, -0.2) is 23.0 Å². The third-order valence-corrected chi connectivity index (χ3v) is 5.60. The van der Waals surface area contributed by atoms with E-state index >= 15 is 0 Å². The van der Waals surface area contributed by atoms with Crippen LogP contribution in [0.15, 0.2) is 52.3 Å². The lowest BCUT2D eigenvalue weighted by Crippen LogP contribution is -2.13. The standard InChI is InChI=1S/C18H17N3O2S2/c1-12-10-24-18(20-12)25-11-13-5-7-14(8-6-13)16(22)21-15-4-3-9-19-17(15)23-2/h3-10H,11H2,1-2H3,(H,21,22). The molecular formula is C18H17N3O2S2. The number of rotatable bonds is 6. The van der Waals surface area contributed by atoms with Gasteiger partial charge in [0.15, 0.2) is 0 Å². The van der Waals surface area contributed by atoms with Gasteiger partial charge in [0.1, 0.15) is 10.0 Å². The zero-order valence-corrected chi connectivity index (χ0v) is 15.5. The molecule has 0 unspecified atom stereocenters. The maximum Gasteiger partial charge on any atom is 0.255 e. The summed E-state index contributed by atoms with van der Waals surface area (Å²) in [6, 6.07) is 11.1. The second-order valence-electron chi connectivity index (χ2n) is 5.25. The number of pyridine rings is 1. The Morgan fingerprint density at radius 2 is 2.08 bits per heavy atom. The number of benzene rings is 1. The Bertz CT molecular complexity index is 863. The van der Waals surface area contributed by atoms with Crippen LogP contribution >= 0.6 is 23.1 Å². The van der Waals surface area contributed by atoms with Crippen molar-refractivity contribution in [3.05, 3.63) is 64.8 Å². The van der Waals surface area contributed by atoms with Gasteiger partial charge >= 0.3 is 0 Å². The minimum Gasteiger partial charge on any atom is -0.480 e. The fourth-order valence-corrected chi connectivity index (χ4v) is 3.94. The normalized spacial score (nSPS) is 10.5. The molecule has 0 spiro atoms. The Balaban J connectivity index is 1.62. The monoisotopic (exact) mass is 371 g/mol. The van der Waals surface area contributed by atoms with Crippen molar-refractivity contribution in [2.24, 2.45) is 0 Å². The number of amides is 1. The lowest BCUT2D eigenvalue weighted by molar-refractivity contribution is 0.102. The lowest BCUT2D eigenvalue weighted by Gasteiger charge is -2.09. The van der Waals surface area contributed by atoms with Crippen molar-refractivity contribution < 1.29 is 9.53 Å². The van der Waals surface area contributed by atoms with Crippen molar-refractivity contribution in [1.29, 1.82) is 0 Å². The largest absolute Gasteiger partial charge is 0.480 e. The molecule has 25 heavy (non-hydrogen) atoms. The first-order valence-corrected chi connectivity index (χ1v) is 9.46. The van der Waals surface area contributed by atoms with Crippen LogP contribution in [0, 0.1) is 6.92 Å². The van der Waals surface area contributed by atoms with Crippen LogP contribution < -0.4 is 10.1 Å². The van der Waals surface area contributed by atoms with E-state index in [1.54, 1.807) is 41.4 Å². The Hall–Kier alpha value is -2.38. The highest BCUT2D eigenvalue weighted by Crippen LogP contribution is 2.26. The van der Waals surface area contributed by atoms with Gasteiger partial charge in [-0.25, -0.2) is 9.97 Å². The van der Waals surface area contributed by atoms with E-state index < -0.39 is 0 Å². The molecule has 3 aromatic rings. The number of hydrogen-bond acceptors (Lipinski definition) is 6. The van der Waals surface area contributed by atoms with Crippen LogP contribution in [0.1, 0.15) is 21.6 Å². The number of ether oxygens (including phenoxy) is 1. The fraction of sp³-hybridized carbons (Fsp3) is 0.167. The predicted octanol–water partition coefficient (Wildman–Crippen LogP) is 4.40. The summed E-state index contributed by atoms with van der Waals surface area (Å²) in [5.41, 5.74) is 3.33. The molecule has 0 aliphatic heterocycles. The zero-order chi connectivity index (χ0) is 17.6. The Kier molecular flexibility index (Phi) is 5.67. The predicted molar refractivity (Wildman–Crippen MR) is 102 cm³/mol. The number of methoxy groups -OCH3 is 1. The molecule has 1 N–H and O–H groups in total. The number of nitrogens with one attached hydrogen (secondary N) is 1. The summed E-state index contributed by atoms with van der Waals surface area (Å²) in [6.07, 6.45) is 1.62. The summed E-state index contributed by atoms with van der Waals surface area (Å²) in [6.45, 7) is 1.99. The summed E-state index contributed by atoms with van der Waals surface area (Å²) in [5, 5.41) is 4.86. The lowest BCUT2D eigenvalue weighted by atomic mass is 10.1. The molecule has 0 atom stereocenters. The third kappa shape index (κ3) is 4.58. The Labute approximate surface area is 154 Å². The number of aryl methyl sites for hydroxylation is 1. The second-order valence-corrected chi connectivity index (χ2v) is 7.34. The number of nitrogens with zero attached hydrogens (tertiary/aromatic N) is 2. The van der Waals surface area contributed by atoms with E-state index in [0.29, 0.717) is 17.1 Å². The second kappa shape index (κ2) is 8.13. The van der Waals surface area contributed by atoms with Gasteiger partial charge in [0.05, 0.1) is 7.11 Å². The van der Waals surface area contributed by atoms with Gasteiger partial charge in [-0.1, -0.05) is 23.9 Å². The highest BCUT2D eigenvalue weighted by Gasteiger charge is 2.10. The van der Waals surface area contributed by atoms with Gasteiger partial charge in [0.25, 0.3) is 5.91 Å². The van der Waals surface area contributed by atoms with Crippen molar-refractivity contribution in [3.8, 4) is 5.88 Å². The van der Waals surface area contributed by atoms with E-state index in [2.05, 4.69) is 15.3 Å². The number of anilines is 1. The minimum absolute atomic E-state index is 0.193. The summed E-state index contributed by atoms with van der Waals surface area (Å²) >= 11 is 3.35. The Morgan fingerprint density at radius 1 is 1.28 bits per heavy atom. The van der Waals surface area contributed by atoms with Gasteiger partial charge in [-0.3, -0.25) is 4.79 Å². The van der Waals surface area contributed by atoms with E-state index in [1.165, 1.54) is 7.11 Å². The molecule has 0 radical (unpaired) electrons. The molecule has 0 aliphatic carbocycles. The molecule has 5 nitrogen and oxygen atoms in total. The van der Waals surface area contributed by atoms with E-state index in [1.807, 2.05) is 36.6 Å². The van der Waals surface area contributed by atoms with Crippen molar-refractivity contribution in [3.63, 3.8) is 0 Å². The van der Waals surface area contributed by atoms with Crippen LogP contribution in [0.25, 0.3) is 0 Å². The molecular weight excluding hydrogens is 354 g/mol. The van der Waals surface area contributed by atoms with Gasteiger partial charge in [-0.15, -0.1) is 11.3 Å². The minimum atomic E-state index is -0.193. The van der Waals surface area contributed by atoms with Crippen LogP contribution in [0.3, 0.4) is 0 Å². The SMILES string of the molecule is COc1ncccc1NC(=O)c1ccc(CSc2nc(C)cs2)cc1. The summed E-state index contributed by atoms with van der Waals surface area (Å²) in [7, 11) is 1.52. The van der Waals surface area contributed by atoms with Crippen molar-refractivity contribution in [2.75, 3.05) is 12.4 Å². The maximum absolute atomic E-state index is 12.4. The molecule has 128 valence electrons. The molecule has 2 heterocycles. The Morgan fingerprint density at radius 3 is 2.76 bits per heavy atom. The van der Waals surface area contributed by atoms with E-state index in [0.717, 1.165) is 21.3 Å². The van der Waals surface area contributed by atoms with Gasteiger partial charge in [0.2, 0.25) is 5.88 Å². The first kappa shape index (κ1) is 17.4. The van der Waals surface area contributed by atoms with Crippen molar-refractivity contribution in [1.82, 2.24) is 9.97 Å². The first-order valence-electron chi connectivity index (χ1n) is 7.60. The maximum atomic E-state index is 12.4. The summed E-state index contributed by atoms with van der Waals surface area (Å²) < 4.78 is 6.20. The summed E-state index contributed by atoms with van der Waals surface area (Å²) in [4.78, 5) is 20.9. The topological polar surface area (TPSA) is 64.1 Å². The van der Waals surface area contributed by atoms with Crippen LogP contribution in [0.2, 0.25) is 0 Å². The van der Waals surface area contributed by atoms with Gasteiger partial charge in [0, 0.05) is 28.6 Å². The number of hydrogen-bond donors (Lipinski definition) is 1. The smallest absolute Gasteiger partial charge is 0.255 e. The van der Waals surface area contributed by atoms with E-state index in [-0.39, 0.29) is 5.91 Å². The molecule has 0 fully saturated rings. The van der Waals surface area contributed by atoms with Crippen molar-refractivity contribution >= 4 is 34.7 Å². The molecule has 0 aliphatic rings. The van der Waals surface area contributed by atoms with E-state index in [4.69, 9.17) is 4.74 Å². The number of thioether (sulfide) groups is 1. The highest BCUT2D eigenvalue weighted by molar-refractivity contribution is 8.00. The summed E-state index contributed by atoms with van der Waals surface area (Å²) in [5.74, 6) is 1.02. The molecule has 0 saturated carbocycles. The highest BCUT2D eigenvalue weighted by atomic mass is 32.2. The van der Waals surface area contributed by atoms with Gasteiger partial charge < -0.3 is 10.1 Å². The number of aromatic nitrogens is 2. The molecule has 1 aromatic carbocycles. The molecule has 0 saturated heterocycles. The number of carbonyl (C=O) groups excluding carboxylic acids is 1. The van der Waals surface area contributed by atoms with Crippen LogP contribution in [-0.2, 0) is 5.75 Å². The molecule has 7 heteroatoms. The molecule has 0 bridgehead atoms. The zero-order valence-electron chi connectivity index (χ0n) is 13.9. The average Bonchev–Trinajstić information content (AvgIpc) is 3.06. The van der Waals surface area contributed by atoms with Gasteiger partial charge in [-0.05, 0) is 36.8 Å². The van der Waals surface area contributed by atoms with Gasteiger partial charge in [-0.2, -0.15) is 0 Å². The molecule has 3 rings (SSSR count). The van der Waals surface area contributed by atoms with E-state index in [9.17, 15) is 4.79 Å². The van der Waals surface area contributed by atoms with Crippen molar-refractivity contribution in [2.45, 2.75) is 17.0 Å². The fourth-order valence-electron chi connectivity index (χ4n) is 2.14. The average molecular weight is 371 g/mol. The molecule has 1 amide bonds. The van der Waals surface area contributed by atoms with Crippen LogP contribution in [0.5, 0.6) is 5.88 Å². The third-order valence-electron chi connectivity index (χ3n) is 3.39. The number of carbonyl (C=O) groups is 1. The van der Waals surface area contributed by atoms with Crippen LogP contribution in [0.4, 0.5) is 5.69 Å². The first-order chi connectivity index (χ1) is 12.2. The quantitative estimate of drug-likeness (QED) is 0.651. The number of thiazole rings is 1. The molecule has 2 aromatic heterocycles.